The Hall–Kier alpha value is -1.63. The van der Waals surface area contributed by atoms with E-state index in [4.69, 9.17) is 4.74 Å². The fourth-order valence-corrected chi connectivity index (χ4v) is 4.25. The van der Waals surface area contributed by atoms with Gasteiger partial charge in [0.1, 0.15) is 0 Å². The number of ether oxygens (including phenoxy) is 1. The first-order valence-electron chi connectivity index (χ1n) is 9.33. The number of hydrogen-bond donors (Lipinski definition) is 0. The maximum absolute atomic E-state index is 12.9. The quantitative estimate of drug-likeness (QED) is 0.779. The highest BCUT2D eigenvalue weighted by Crippen LogP contribution is 2.30. The van der Waals surface area contributed by atoms with Crippen LogP contribution < -0.4 is 0 Å². The molecule has 1 aliphatic heterocycles. The molecule has 0 spiro atoms. The molecule has 1 atom stereocenters. The van der Waals surface area contributed by atoms with Crippen molar-refractivity contribution in [3.8, 4) is 0 Å². The highest BCUT2D eigenvalue weighted by Gasteiger charge is 2.32. The van der Waals surface area contributed by atoms with E-state index in [1.54, 1.807) is 16.2 Å². The van der Waals surface area contributed by atoms with Crippen LogP contribution in [-0.2, 0) is 9.53 Å². The van der Waals surface area contributed by atoms with Gasteiger partial charge in [-0.15, -0.1) is 11.3 Å². The average Bonchev–Trinajstić information content (AvgIpc) is 2.96. The van der Waals surface area contributed by atoms with Crippen molar-refractivity contribution < 1.29 is 14.3 Å². The molecule has 0 saturated carbocycles. The van der Waals surface area contributed by atoms with E-state index in [1.165, 1.54) is 0 Å². The molecule has 0 N–H and O–H groups in total. The number of carbonyl (C=O) groups excluding carboxylic acids is 2. The van der Waals surface area contributed by atoms with Crippen LogP contribution in [0.2, 0.25) is 0 Å². The molecule has 1 aromatic rings. The van der Waals surface area contributed by atoms with Crippen LogP contribution in [0.3, 0.4) is 0 Å². The number of piperidine rings is 1. The van der Waals surface area contributed by atoms with Gasteiger partial charge in [-0.25, -0.2) is 9.78 Å². The van der Waals surface area contributed by atoms with Crippen molar-refractivity contribution in [1.82, 2.24) is 14.8 Å². The van der Waals surface area contributed by atoms with E-state index >= 15 is 0 Å². The zero-order chi connectivity index (χ0) is 19.4. The lowest BCUT2D eigenvalue weighted by Crippen LogP contribution is -2.44. The molecule has 6 nitrogen and oxygen atoms in total. The topological polar surface area (TPSA) is 62.7 Å². The average molecular weight is 382 g/mol. The van der Waals surface area contributed by atoms with Gasteiger partial charge >= 0.3 is 6.09 Å². The number of thiazole rings is 1. The molecule has 1 aromatic heterocycles. The van der Waals surface area contributed by atoms with E-state index in [0.717, 1.165) is 15.6 Å². The summed E-state index contributed by atoms with van der Waals surface area (Å²) in [7, 11) is 1.87. The Bertz CT molecular complexity index is 636. The molecule has 2 amide bonds. The monoisotopic (exact) mass is 381 g/mol. The number of nitrogens with zero attached hydrogens (tertiary/aromatic N) is 3. The SMILES string of the molecule is Cc1nc(C)c([C@H](C)N(C)C(=O)C2CCN(C(=O)OCC(C)C)CC2)s1. The van der Waals surface area contributed by atoms with Crippen molar-refractivity contribution in [3.63, 3.8) is 0 Å². The summed E-state index contributed by atoms with van der Waals surface area (Å²) in [4.78, 5) is 34.1. The Labute approximate surface area is 160 Å². The van der Waals surface area contributed by atoms with Gasteiger partial charge in [0, 0.05) is 30.9 Å². The summed E-state index contributed by atoms with van der Waals surface area (Å²) in [6, 6.07) is 0.0164. The summed E-state index contributed by atoms with van der Waals surface area (Å²) in [5, 5.41) is 1.03. The predicted molar refractivity (Wildman–Crippen MR) is 103 cm³/mol. The molecule has 2 rings (SSSR count). The fourth-order valence-electron chi connectivity index (χ4n) is 3.23. The zero-order valence-electron chi connectivity index (χ0n) is 16.7. The molecule has 0 bridgehead atoms. The van der Waals surface area contributed by atoms with Crippen LogP contribution in [0.5, 0.6) is 0 Å². The Kier molecular flexibility index (Phi) is 7.03. The van der Waals surface area contributed by atoms with Crippen molar-refractivity contribution in [2.75, 3.05) is 26.7 Å². The maximum atomic E-state index is 12.9. The summed E-state index contributed by atoms with van der Waals surface area (Å²) in [5.74, 6) is 0.441. The van der Waals surface area contributed by atoms with Gasteiger partial charge in [-0.2, -0.15) is 0 Å². The Morgan fingerprint density at radius 2 is 1.88 bits per heavy atom. The smallest absolute Gasteiger partial charge is 0.409 e. The van der Waals surface area contributed by atoms with Gasteiger partial charge in [-0.05, 0) is 39.5 Å². The normalized spacial score (nSPS) is 16.7. The molecular weight excluding hydrogens is 350 g/mol. The van der Waals surface area contributed by atoms with Gasteiger partial charge in [0.15, 0.2) is 0 Å². The fraction of sp³-hybridized carbons (Fsp3) is 0.737. The molecule has 1 fully saturated rings. The standard InChI is InChI=1S/C19H31N3O3S/c1-12(2)11-25-19(24)22-9-7-16(8-10-22)18(23)21(6)14(4)17-13(3)20-15(5)26-17/h12,14,16H,7-11H2,1-6H3/t14-/m0/s1. The molecule has 0 unspecified atom stereocenters. The first kappa shape index (κ1) is 20.7. The molecule has 0 radical (unpaired) electrons. The van der Waals surface area contributed by atoms with Gasteiger partial charge in [0.25, 0.3) is 0 Å². The lowest BCUT2D eigenvalue weighted by Gasteiger charge is -2.34. The van der Waals surface area contributed by atoms with Crippen LogP contribution in [0, 0.1) is 25.7 Å². The summed E-state index contributed by atoms with van der Waals surface area (Å²) in [6.07, 6.45) is 1.11. The van der Waals surface area contributed by atoms with Crippen molar-refractivity contribution >= 4 is 23.3 Å². The van der Waals surface area contributed by atoms with E-state index in [2.05, 4.69) is 11.9 Å². The van der Waals surface area contributed by atoms with E-state index in [9.17, 15) is 9.59 Å². The van der Waals surface area contributed by atoms with Gasteiger partial charge in [-0.3, -0.25) is 4.79 Å². The summed E-state index contributed by atoms with van der Waals surface area (Å²) < 4.78 is 5.28. The van der Waals surface area contributed by atoms with Crippen LogP contribution >= 0.6 is 11.3 Å². The molecule has 2 heterocycles. The Morgan fingerprint density at radius 3 is 2.38 bits per heavy atom. The highest BCUT2D eigenvalue weighted by molar-refractivity contribution is 7.11. The first-order chi connectivity index (χ1) is 12.2. The number of amides is 2. The second kappa shape index (κ2) is 8.84. The third-order valence-corrected chi connectivity index (χ3v) is 6.13. The number of rotatable bonds is 5. The van der Waals surface area contributed by atoms with E-state index < -0.39 is 0 Å². The molecular formula is C19H31N3O3S. The first-order valence-corrected chi connectivity index (χ1v) is 10.1. The molecule has 7 heteroatoms. The summed E-state index contributed by atoms with van der Waals surface area (Å²) >= 11 is 1.65. The van der Waals surface area contributed by atoms with E-state index in [1.807, 2.05) is 39.6 Å². The van der Waals surface area contributed by atoms with E-state index in [0.29, 0.717) is 38.5 Å². The molecule has 26 heavy (non-hydrogen) atoms. The zero-order valence-corrected chi connectivity index (χ0v) is 17.6. The lowest BCUT2D eigenvalue weighted by atomic mass is 9.95. The largest absolute Gasteiger partial charge is 0.449 e. The van der Waals surface area contributed by atoms with Crippen LogP contribution in [-0.4, -0.2) is 53.5 Å². The molecule has 1 saturated heterocycles. The molecule has 146 valence electrons. The Balaban J connectivity index is 1.89. The van der Waals surface area contributed by atoms with Crippen LogP contribution in [0.15, 0.2) is 0 Å². The van der Waals surface area contributed by atoms with Gasteiger partial charge in [0.2, 0.25) is 5.91 Å². The minimum absolute atomic E-state index is 0.0164. The predicted octanol–water partition coefficient (Wildman–Crippen LogP) is 3.78. The molecule has 0 aromatic carbocycles. The minimum Gasteiger partial charge on any atom is -0.449 e. The maximum Gasteiger partial charge on any atom is 0.409 e. The van der Waals surface area contributed by atoms with Crippen LogP contribution in [0.4, 0.5) is 4.79 Å². The Morgan fingerprint density at radius 1 is 1.27 bits per heavy atom. The number of aromatic nitrogens is 1. The number of hydrogen-bond acceptors (Lipinski definition) is 5. The second-order valence-electron chi connectivity index (χ2n) is 7.54. The van der Waals surface area contributed by atoms with Crippen molar-refractivity contribution in [2.24, 2.45) is 11.8 Å². The number of likely N-dealkylation sites (tertiary alicyclic amines) is 1. The molecule has 0 aliphatic carbocycles. The van der Waals surface area contributed by atoms with Gasteiger partial charge in [0.05, 0.1) is 23.4 Å². The minimum atomic E-state index is -0.262. The van der Waals surface area contributed by atoms with Crippen LogP contribution in [0.1, 0.15) is 55.2 Å². The summed E-state index contributed by atoms with van der Waals surface area (Å²) in [5.41, 5.74) is 1.00. The third kappa shape index (κ3) is 4.96. The van der Waals surface area contributed by atoms with E-state index in [-0.39, 0.29) is 24.0 Å². The number of aryl methyl sites for hydroxylation is 2. The third-order valence-electron chi connectivity index (χ3n) is 4.89. The van der Waals surface area contributed by atoms with Crippen molar-refractivity contribution in [3.05, 3.63) is 15.6 Å². The van der Waals surface area contributed by atoms with Crippen molar-refractivity contribution in [1.29, 1.82) is 0 Å². The summed E-state index contributed by atoms with van der Waals surface area (Å²) in [6.45, 7) is 11.7. The highest BCUT2D eigenvalue weighted by atomic mass is 32.1. The lowest BCUT2D eigenvalue weighted by molar-refractivity contribution is -0.137. The number of carbonyl (C=O) groups is 2. The van der Waals surface area contributed by atoms with Gasteiger partial charge < -0.3 is 14.5 Å². The van der Waals surface area contributed by atoms with Crippen molar-refractivity contribution in [2.45, 2.75) is 53.5 Å². The van der Waals surface area contributed by atoms with Crippen LogP contribution in [0.25, 0.3) is 0 Å². The molecule has 1 aliphatic rings. The van der Waals surface area contributed by atoms with Gasteiger partial charge in [-0.1, -0.05) is 13.8 Å². The second-order valence-corrected chi connectivity index (χ2v) is 8.77.